The number of anilines is 1. The number of carbonyl (C=O) groups excluding carboxylic acids is 3. The van der Waals surface area contributed by atoms with Gasteiger partial charge < -0.3 is 24.6 Å². The van der Waals surface area contributed by atoms with E-state index in [1.54, 1.807) is 28.0 Å². The van der Waals surface area contributed by atoms with Crippen LogP contribution in [0.5, 0.6) is 0 Å². The smallest absolute Gasteiger partial charge is 0.410 e. The van der Waals surface area contributed by atoms with Crippen LogP contribution in [-0.4, -0.2) is 71.2 Å². The normalized spacial score (nSPS) is 21.8. The molecule has 0 bridgehead atoms. The Bertz CT molecular complexity index is 1100. The second kappa shape index (κ2) is 10.9. The first-order valence-corrected chi connectivity index (χ1v) is 12.5. The SMILES string of the molecule is CC(C)(C)OC(=O)N1CC2OC(CC(=O)Nc3ccccc3)C(=O)N(CCc3cccc(Cl)c3)C2C1. The van der Waals surface area contributed by atoms with Gasteiger partial charge in [-0.25, -0.2) is 4.79 Å². The molecule has 2 aromatic rings. The number of ether oxygens (including phenoxy) is 2. The third-order valence-corrected chi connectivity index (χ3v) is 6.38. The molecule has 2 heterocycles. The van der Waals surface area contributed by atoms with Crippen molar-refractivity contribution in [3.8, 4) is 0 Å². The average molecular weight is 514 g/mol. The molecular weight excluding hydrogens is 482 g/mol. The van der Waals surface area contributed by atoms with Gasteiger partial charge in [-0.3, -0.25) is 9.59 Å². The minimum atomic E-state index is -0.937. The van der Waals surface area contributed by atoms with E-state index in [9.17, 15) is 14.4 Å². The van der Waals surface area contributed by atoms with E-state index in [4.69, 9.17) is 21.1 Å². The number of nitrogens with one attached hydrogen (secondary N) is 1. The van der Waals surface area contributed by atoms with Crippen molar-refractivity contribution in [2.75, 3.05) is 25.0 Å². The molecule has 2 saturated heterocycles. The number of likely N-dealkylation sites (tertiary alicyclic amines) is 1. The highest BCUT2D eigenvalue weighted by atomic mass is 35.5. The van der Waals surface area contributed by atoms with Crippen molar-refractivity contribution < 1.29 is 23.9 Å². The summed E-state index contributed by atoms with van der Waals surface area (Å²) in [7, 11) is 0. The summed E-state index contributed by atoms with van der Waals surface area (Å²) in [6.45, 7) is 6.45. The molecule has 0 aliphatic carbocycles. The van der Waals surface area contributed by atoms with Crippen molar-refractivity contribution >= 4 is 35.2 Å². The molecule has 3 atom stereocenters. The van der Waals surface area contributed by atoms with Crippen molar-refractivity contribution in [2.24, 2.45) is 0 Å². The zero-order valence-corrected chi connectivity index (χ0v) is 21.5. The molecule has 0 saturated carbocycles. The second-order valence-corrected chi connectivity index (χ2v) is 10.6. The molecule has 0 radical (unpaired) electrons. The van der Waals surface area contributed by atoms with Crippen LogP contribution >= 0.6 is 11.6 Å². The predicted octanol–water partition coefficient (Wildman–Crippen LogP) is 4.13. The highest BCUT2D eigenvalue weighted by molar-refractivity contribution is 6.30. The van der Waals surface area contributed by atoms with Crippen LogP contribution < -0.4 is 5.32 Å². The van der Waals surface area contributed by atoms with Gasteiger partial charge in [-0.05, 0) is 57.0 Å². The Balaban J connectivity index is 1.49. The summed E-state index contributed by atoms with van der Waals surface area (Å²) in [5.41, 5.74) is 1.02. The number of hydrogen-bond acceptors (Lipinski definition) is 5. The van der Waals surface area contributed by atoms with Crippen molar-refractivity contribution in [3.63, 3.8) is 0 Å². The first-order chi connectivity index (χ1) is 17.1. The Morgan fingerprint density at radius 2 is 1.86 bits per heavy atom. The van der Waals surface area contributed by atoms with Crippen LogP contribution in [0.1, 0.15) is 32.8 Å². The quantitative estimate of drug-likeness (QED) is 0.627. The number of amides is 3. The lowest BCUT2D eigenvalue weighted by Gasteiger charge is -2.40. The summed E-state index contributed by atoms with van der Waals surface area (Å²) >= 11 is 6.13. The maximum absolute atomic E-state index is 13.5. The number of morpholine rings is 1. The molecule has 0 aromatic heterocycles. The first-order valence-electron chi connectivity index (χ1n) is 12.1. The summed E-state index contributed by atoms with van der Waals surface area (Å²) < 4.78 is 11.7. The monoisotopic (exact) mass is 513 g/mol. The fourth-order valence-corrected chi connectivity index (χ4v) is 4.75. The molecule has 0 spiro atoms. The molecule has 2 aromatic carbocycles. The van der Waals surface area contributed by atoms with Gasteiger partial charge in [0.15, 0.2) is 0 Å². The van der Waals surface area contributed by atoms with Gasteiger partial charge in [0.2, 0.25) is 5.91 Å². The number of rotatable bonds is 6. The van der Waals surface area contributed by atoms with Gasteiger partial charge in [0.1, 0.15) is 11.7 Å². The molecule has 1 N–H and O–H groups in total. The standard InChI is InChI=1S/C27H32ClN3O5/c1-27(2,3)36-26(34)30-16-21-23(17-30)35-22(15-24(32)29-20-10-5-4-6-11-20)25(33)31(21)13-12-18-8-7-9-19(28)14-18/h4-11,14,21-23H,12-13,15-17H2,1-3H3,(H,29,32). The molecule has 4 rings (SSSR count). The number of hydrogen-bond donors (Lipinski definition) is 1. The van der Waals surface area contributed by atoms with Gasteiger partial charge in [0.05, 0.1) is 25.1 Å². The van der Waals surface area contributed by atoms with E-state index >= 15 is 0 Å². The summed E-state index contributed by atoms with van der Waals surface area (Å²) in [6, 6.07) is 16.3. The van der Waals surface area contributed by atoms with E-state index < -0.39 is 23.9 Å². The molecular formula is C27H32ClN3O5. The third-order valence-electron chi connectivity index (χ3n) is 6.15. The van der Waals surface area contributed by atoms with Gasteiger partial charge in [-0.15, -0.1) is 0 Å². The van der Waals surface area contributed by atoms with Crippen molar-refractivity contribution in [1.82, 2.24) is 9.80 Å². The molecule has 8 nitrogen and oxygen atoms in total. The van der Waals surface area contributed by atoms with Crippen LogP contribution in [0, 0.1) is 0 Å². The van der Waals surface area contributed by atoms with Crippen LogP contribution in [0.25, 0.3) is 0 Å². The highest BCUT2D eigenvalue weighted by Gasteiger charge is 2.49. The minimum Gasteiger partial charge on any atom is -0.444 e. The minimum absolute atomic E-state index is 0.114. The lowest BCUT2D eigenvalue weighted by atomic mass is 10.0. The second-order valence-electron chi connectivity index (χ2n) is 10.1. The van der Waals surface area contributed by atoms with Crippen molar-refractivity contribution in [1.29, 1.82) is 0 Å². The summed E-state index contributed by atoms with van der Waals surface area (Å²) in [5, 5.41) is 3.44. The highest BCUT2D eigenvalue weighted by Crippen LogP contribution is 2.29. The molecule has 3 unspecified atom stereocenters. The van der Waals surface area contributed by atoms with E-state index in [0.29, 0.717) is 30.2 Å². The Morgan fingerprint density at radius 1 is 1.11 bits per heavy atom. The van der Waals surface area contributed by atoms with Gasteiger partial charge in [0, 0.05) is 23.8 Å². The lowest BCUT2D eigenvalue weighted by molar-refractivity contribution is -0.168. The van der Waals surface area contributed by atoms with Gasteiger partial charge >= 0.3 is 6.09 Å². The van der Waals surface area contributed by atoms with Gasteiger partial charge in [-0.2, -0.15) is 0 Å². The van der Waals surface area contributed by atoms with Crippen LogP contribution in [0.15, 0.2) is 54.6 Å². The molecule has 3 amide bonds. The van der Waals surface area contributed by atoms with Gasteiger partial charge in [0.25, 0.3) is 5.91 Å². The number of benzene rings is 2. The molecule has 2 fully saturated rings. The number of halogens is 1. The number of fused-ring (bicyclic) bond motifs is 1. The maximum Gasteiger partial charge on any atom is 0.410 e. The average Bonchev–Trinajstić information content (AvgIpc) is 3.23. The third kappa shape index (κ3) is 6.56. The number of nitrogens with zero attached hydrogens (tertiary/aromatic N) is 2. The van der Waals surface area contributed by atoms with Crippen LogP contribution in [0.3, 0.4) is 0 Å². The molecule has 2 aliphatic rings. The molecule has 36 heavy (non-hydrogen) atoms. The lowest BCUT2D eigenvalue weighted by Crippen LogP contribution is -2.59. The van der Waals surface area contributed by atoms with E-state index in [2.05, 4.69) is 5.32 Å². The zero-order chi connectivity index (χ0) is 25.9. The fourth-order valence-electron chi connectivity index (χ4n) is 4.54. The van der Waals surface area contributed by atoms with E-state index in [1.807, 2.05) is 57.2 Å². The largest absolute Gasteiger partial charge is 0.444 e. The summed E-state index contributed by atoms with van der Waals surface area (Å²) in [6.07, 6.45) is -1.32. The number of para-hydroxylation sites is 1. The summed E-state index contributed by atoms with van der Waals surface area (Å²) in [4.78, 5) is 42.3. The van der Waals surface area contributed by atoms with Crippen LogP contribution in [0.2, 0.25) is 5.02 Å². The Labute approximate surface area is 216 Å². The molecule has 2 aliphatic heterocycles. The first kappa shape index (κ1) is 26.0. The van der Waals surface area contributed by atoms with E-state index in [-0.39, 0.29) is 30.8 Å². The Hall–Kier alpha value is -3.10. The van der Waals surface area contributed by atoms with Crippen LogP contribution in [-0.2, 0) is 25.5 Å². The molecule has 9 heteroatoms. The fraction of sp³-hybridized carbons (Fsp3) is 0.444. The van der Waals surface area contributed by atoms with Crippen molar-refractivity contribution in [2.45, 2.75) is 57.5 Å². The van der Waals surface area contributed by atoms with E-state index in [0.717, 1.165) is 5.56 Å². The molecule has 192 valence electrons. The predicted molar refractivity (Wildman–Crippen MR) is 137 cm³/mol. The Morgan fingerprint density at radius 3 is 2.56 bits per heavy atom. The topological polar surface area (TPSA) is 88.2 Å². The maximum atomic E-state index is 13.5. The zero-order valence-electron chi connectivity index (χ0n) is 20.8. The number of carbonyl (C=O) groups is 3. The Kier molecular flexibility index (Phi) is 7.85. The van der Waals surface area contributed by atoms with Crippen molar-refractivity contribution in [3.05, 3.63) is 65.2 Å². The van der Waals surface area contributed by atoms with Crippen LogP contribution in [0.4, 0.5) is 10.5 Å². The van der Waals surface area contributed by atoms with Gasteiger partial charge in [-0.1, -0.05) is 41.9 Å². The summed E-state index contributed by atoms with van der Waals surface area (Å²) in [5.74, 6) is -0.567. The van der Waals surface area contributed by atoms with E-state index in [1.165, 1.54) is 0 Å².